The van der Waals surface area contributed by atoms with Gasteiger partial charge in [0, 0.05) is 22.6 Å². The molecule has 0 unspecified atom stereocenters. The lowest BCUT2D eigenvalue weighted by atomic mass is 10.2. The zero-order valence-corrected chi connectivity index (χ0v) is 13.0. The van der Waals surface area contributed by atoms with Gasteiger partial charge in [-0.05, 0) is 35.4 Å². The molecule has 3 rings (SSSR count). The van der Waals surface area contributed by atoms with E-state index in [1.165, 1.54) is 5.56 Å². The zero-order chi connectivity index (χ0) is 13.9. The Morgan fingerprint density at radius 1 is 1.05 bits per heavy atom. The van der Waals surface area contributed by atoms with Gasteiger partial charge < -0.3 is 14.8 Å². The van der Waals surface area contributed by atoms with E-state index in [2.05, 4.69) is 21.2 Å². The SMILES string of the molecule is Clc1ccc(CNCc2cc3c(cc2Br)OCO3)cc1. The molecule has 0 bridgehead atoms. The molecule has 1 aliphatic rings. The maximum atomic E-state index is 5.86. The average molecular weight is 355 g/mol. The zero-order valence-electron chi connectivity index (χ0n) is 10.7. The first-order valence-corrected chi connectivity index (χ1v) is 7.42. The predicted molar refractivity (Wildman–Crippen MR) is 82.3 cm³/mol. The second kappa shape index (κ2) is 6.04. The summed E-state index contributed by atoms with van der Waals surface area (Å²) < 4.78 is 11.7. The summed E-state index contributed by atoms with van der Waals surface area (Å²) in [7, 11) is 0. The fraction of sp³-hybridized carbons (Fsp3) is 0.200. The van der Waals surface area contributed by atoms with E-state index >= 15 is 0 Å². The van der Waals surface area contributed by atoms with Crippen molar-refractivity contribution in [2.24, 2.45) is 0 Å². The van der Waals surface area contributed by atoms with Gasteiger partial charge in [0.25, 0.3) is 0 Å². The molecule has 0 amide bonds. The van der Waals surface area contributed by atoms with Gasteiger partial charge in [-0.25, -0.2) is 0 Å². The molecule has 0 atom stereocenters. The van der Waals surface area contributed by atoms with Gasteiger partial charge in [-0.3, -0.25) is 0 Å². The van der Waals surface area contributed by atoms with E-state index in [-0.39, 0.29) is 0 Å². The molecule has 0 saturated heterocycles. The molecule has 0 spiro atoms. The number of nitrogens with one attached hydrogen (secondary N) is 1. The first-order chi connectivity index (χ1) is 9.72. The molecular formula is C15H13BrClNO2. The number of hydrogen-bond donors (Lipinski definition) is 1. The summed E-state index contributed by atoms with van der Waals surface area (Å²) in [6.45, 7) is 1.83. The minimum Gasteiger partial charge on any atom is -0.454 e. The number of halogens is 2. The van der Waals surface area contributed by atoms with Gasteiger partial charge in [-0.1, -0.05) is 39.7 Å². The maximum Gasteiger partial charge on any atom is 0.231 e. The van der Waals surface area contributed by atoms with Gasteiger partial charge in [0.15, 0.2) is 11.5 Å². The lowest BCUT2D eigenvalue weighted by Crippen LogP contribution is -2.12. The molecule has 0 radical (unpaired) electrons. The van der Waals surface area contributed by atoms with E-state index in [1.807, 2.05) is 36.4 Å². The Morgan fingerprint density at radius 3 is 2.50 bits per heavy atom. The molecule has 0 fully saturated rings. The highest BCUT2D eigenvalue weighted by Crippen LogP contribution is 2.36. The minimum atomic E-state index is 0.295. The molecule has 3 nitrogen and oxygen atoms in total. The summed E-state index contributed by atoms with van der Waals surface area (Å²) in [6, 6.07) is 11.8. The van der Waals surface area contributed by atoms with Crippen molar-refractivity contribution in [3.05, 3.63) is 57.0 Å². The Balaban J connectivity index is 1.62. The lowest BCUT2D eigenvalue weighted by Gasteiger charge is -2.08. The van der Waals surface area contributed by atoms with Crippen molar-refractivity contribution in [1.82, 2.24) is 5.32 Å². The fourth-order valence-corrected chi connectivity index (χ4v) is 2.63. The largest absolute Gasteiger partial charge is 0.454 e. The highest BCUT2D eigenvalue weighted by Gasteiger charge is 2.15. The van der Waals surface area contributed by atoms with Crippen LogP contribution in [0, 0.1) is 0 Å². The third-order valence-corrected chi connectivity index (χ3v) is 4.09. The quantitative estimate of drug-likeness (QED) is 0.896. The Hall–Kier alpha value is -1.23. The van der Waals surface area contributed by atoms with Crippen molar-refractivity contribution in [2.45, 2.75) is 13.1 Å². The standard InChI is InChI=1S/C15H13BrClNO2/c16-13-6-15-14(19-9-20-15)5-11(13)8-18-7-10-1-3-12(17)4-2-10/h1-6,18H,7-9H2. The third kappa shape index (κ3) is 3.08. The molecule has 1 N–H and O–H groups in total. The average Bonchev–Trinajstić information content (AvgIpc) is 2.88. The van der Waals surface area contributed by atoms with Crippen molar-refractivity contribution in [2.75, 3.05) is 6.79 Å². The van der Waals surface area contributed by atoms with Gasteiger partial charge in [0.05, 0.1) is 0 Å². The normalized spacial score (nSPS) is 12.7. The van der Waals surface area contributed by atoms with Gasteiger partial charge in [0.1, 0.15) is 0 Å². The summed E-state index contributed by atoms with van der Waals surface area (Å²) in [4.78, 5) is 0. The van der Waals surface area contributed by atoms with Gasteiger partial charge in [-0.15, -0.1) is 0 Å². The highest BCUT2D eigenvalue weighted by molar-refractivity contribution is 9.10. The predicted octanol–water partition coefficient (Wildman–Crippen LogP) is 4.12. The van der Waals surface area contributed by atoms with Gasteiger partial charge in [0.2, 0.25) is 6.79 Å². The highest BCUT2D eigenvalue weighted by atomic mass is 79.9. The second-order valence-electron chi connectivity index (χ2n) is 4.53. The molecule has 2 aromatic carbocycles. The first kappa shape index (κ1) is 13.7. The van der Waals surface area contributed by atoms with Crippen LogP contribution >= 0.6 is 27.5 Å². The van der Waals surface area contributed by atoms with Crippen LogP contribution in [0.4, 0.5) is 0 Å². The second-order valence-corrected chi connectivity index (χ2v) is 5.82. The minimum absolute atomic E-state index is 0.295. The van der Waals surface area contributed by atoms with E-state index in [1.54, 1.807) is 0 Å². The van der Waals surface area contributed by atoms with E-state index < -0.39 is 0 Å². The van der Waals surface area contributed by atoms with Gasteiger partial charge >= 0.3 is 0 Å². The summed E-state index contributed by atoms with van der Waals surface area (Å²) in [5, 5.41) is 4.16. The van der Waals surface area contributed by atoms with Crippen LogP contribution in [0.2, 0.25) is 5.02 Å². The Morgan fingerprint density at radius 2 is 1.75 bits per heavy atom. The lowest BCUT2D eigenvalue weighted by molar-refractivity contribution is 0.174. The van der Waals surface area contributed by atoms with Crippen LogP contribution in [0.3, 0.4) is 0 Å². The topological polar surface area (TPSA) is 30.5 Å². The van der Waals surface area contributed by atoms with Crippen molar-refractivity contribution >= 4 is 27.5 Å². The molecule has 0 aromatic heterocycles. The van der Waals surface area contributed by atoms with E-state index in [0.717, 1.165) is 39.6 Å². The van der Waals surface area contributed by atoms with Crippen LogP contribution in [0.5, 0.6) is 11.5 Å². The van der Waals surface area contributed by atoms with Crippen LogP contribution in [0.15, 0.2) is 40.9 Å². The number of fused-ring (bicyclic) bond motifs is 1. The molecule has 104 valence electrons. The number of hydrogen-bond acceptors (Lipinski definition) is 3. The van der Waals surface area contributed by atoms with E-state index in [9.17, 15) is 0 Å². The Kier molecular flexibility index (Phi) is 4.15. The van der Waals surface area contributed by atoms with Crippen LogP contribution in [-0.2, 0) is 13.1 Å². The molecule has 5 heteroatoms. The number of rotatable bonds is 4. The van der Waals surface area contributed by atoms with Crippen LogP contribution in [-0.4, -0.2) is 6.79 Å². The molecule has 1 heterocycles. The molecule has 2 aromatic rings. The van der Waals surface area contributed by atoms with Gasteiger partial charge in [-0.2, -0.15) is 0 Å². The molecular weight excluding hydrogens is 342 g/mol. The van der Waals surface area contributed by atoms with E-state index in [4.69, 9.17) is 21.1 Å². The molecule has 20 heavy (non-hydrogen) atoms. The Bertz CT molecular complexity index is 616. The Labute approximate surface area is 131 Å². The summed E-state index contributed by atoms with van der Waals surface area (Å²) >= 11 is 9.42. The number of benzene rings is 2. The first-order valence-electron chi connectivity index (χ1n) is 6.25. The third-order valence-electron chi connectivity index (χ3n) is 3.10. The smallest absolute Gasteiger partial charge is 0.231 e. The molecule has 0 aliphatic carbocycles. The van der Waals surface area contributed by atoms with Crippen molar-refractivity contribution in [3.63, 3.8) is 0 Å². The number of ether oxygens (including phenoxy) is 2. The van der Waals surface area contributed by atoms with Crippen LogP contribution in [0.1, 0.15) is 11.1 Å². The van der Waals surface area contributed by atoms with Crippen LogP contribution < -0.4 is 14.8 Å². The summed E-state index contributed by atoms with van der Waals surface area (Å²) in [5.41, 5.74) is 2.34. The van der Waals surface area contributed by atoms with E-state index in [0.29, 0.717) is 6.79 Å². The fourth-order valence-electron chi connectivity index (χ4n) is 2.04. The van der Waals surface area contributed by atoms with Crippen molar-refractivity contribution in [3.8, 4) is 11.5 Å². The molecule has 0 saturated carbocycles. The van der Waals surface area contributed by atoms with Crippen LogP contribution in [0.25, 0.3) is 0 Å². The van der Waals surface area contributed by atoms with Crippen molar-refractivity contribution in [1.29, 1.82) is 0 Å². The summed E-state index contributed by atoms with van der Waals surface area (Å²) in [6.07, 6.45) is 0. The van der Waals surface area contributed by atoms with Crippen molar-refractivity contribution < 1.29 is 9.47 Å². The monoisotopic (exact) mass is 353 g/mol. The summed E-state index contributed by atoms with van der Waals surface area (Å²) in [5.74, 6) is 1.59. The maximum absolute atomic E-state index is 5.86. The molecule has 1 aliphatic heterocycles.